The third-order valence-electron chi connectivity index (χ3n) is 4.63. The smallest absolute Gasteiger partial charge is 0.233 e. The minimum Gasteiger partial charge on any atom is -0.341 e. The molecule has 1 aliphatic heterocycles. The molecular formula is C19H26N4OS. The van der Waals surface area contributed by atoms with Gasteiger partial charge in [0.05, 0.1) is 11.4 Å². The van der Waals surface area contributed by atoms with E-state index < -0.39 is 0 Å². The number of thioether (sulfide) groups is 1. The van der Waals surface area contributed by atoms with Crippen LogP contribution in [-0.4, -0.2) is 64.2 Å². The van der Waals surface area contributed by atoms with Gasteiger partial charge >= 0.3 is 0 Å². The third kappa shape index (κ3) is 4.44. The highest BCUT2D eigenvalue weighted by Crippen LogP contribution is 2.24. The van der Waals surface area contributed by atoms with E-state index in [4.69, 9.17) is 0 Å². The average molecular weight is 359 g/mol. The Balaban J connectivity index is 1.67. The minimum absolute atomic E-state index is 0.204. The molecule has 0 N–H and O–H groups in total. The first kappa shape index (κ1) is 18.0. The molecule has 1 aromatic heterocycles. The number of hydrogen-bond acceptors (Lipinski definition) is 4. The first-order chi connectivity index (χ1) is 12.0. The molecule has 25 heavy (non-hydrogen) atoms. The zero-order valence-electron chi connectivity index (χ0n) is 15.2. The first-order valence-corrected chi connectivity index (χ1v) is 9.73. The van der Waals surface area contributed by atoms with Gasteiger partial charge in [0, 0.05) is 32.0 Å². The maximum atomic E-state index is 12.6. The predicted molar refractivity (Wildman–Crippen MR) is 102 cm³/mol. The summed E-state index contributed by atoms with van der Waals surface area (Å²) in [4.78, 5) is 21.3. The maximum absolute atomic E-state index is 12.6. The number of carbonyl (C=O) groups is 1. The molecule has 2 heterocycles. The Hall–Kier alpha value is -1.79. The zero-order chi connectivity index (χ0) is 17.8. The van der Waals surface area contributed by atoms with E-state index in [9.17, 15) is 4.79 Å². The zero-order valence-corrected chi connectivity index (χ0v) is 16.1. The Labute approximate surface area is 154 Å². The predicted octanol–water partition coefficient (Wildman–Crippen LogP) is 2.75. The summed E-state index contributed by atoms with van der Waals surface area (Å²) in [6.07, 6.45) is 4.81. The molecule has 0 aliphatic carbocycles. The molecule has 0 unspecified atom stereocenters. The standard InChI is InChI=1S/C19H26N4OS/c1-15-5-6-16(2)17(13-15)23-10-7-20-19(23)25-14-18(24)22-9-4-8-21(3)11-12-22/h5-7,10,13H,4,8-9,11-12,14H2,1-3H3. The summed E-state index contributed by atoms with van der Waals surface area (Å²) < 4.78 is 2.08. The number of rotatable bonds is 4. The quantitative estimate of drug-likeness (QED) is 0.788. The van der Waals surface area contributed by atoms with Gasteiger partial charge in [0.2, 0.25) is 5.91 Å². The largest absolute Gasteiger partial charge is 0.341 e. The van der Waals surface area contributed by atoms with Crippen LogP contribution in [0, 0.1) is 13.8 Å². The molecule has 0 saturated carbocycles. The number of aromatic nitrogens is 2. The van der Waals surface area contributed by atoms with Gasteiger partial charge < -0.3 is 9.80 Å². The summed E-state index contributed by atoms with van der Waals surface area (Å²) in [5.41, 5.74) is 3.55. The van der Waals surface area contributed by atoms with Gasteiger partial charge in [-0.3, -0.25) is 9.36 Å². The monoisotopic (exact) mass is 358 g/mol. The van der Waals surface area contributed by atoms with Crippen molar-refractivity contribution >= 4 is 17.7 Å². The summed E-state index contributed by atoms with van der Waals surface area (Å²) in [5, 5.41) is 0.869. The number of aryl methyl sites for hydroxylation is 2. The SMILES string of the molecule is Cc1ccc(C)c(-n2ccnc2SCC(=O)N2CCCN(C)CC2)c1. The first-order valence-electron chi connectivity index (χ1n) is 8.74. The Morgan fingerprint density at radius 1 is 1.20 bits per heavy atom. The van der Waals surface area contributed by atoms with E-state index in [1.165, 1.54) is 22.9 Å². The lowest BCUT2D eigenvalue weighted by atomic mass is 10.1. The Morgan fingerprint density at radius 3 is 2.88 bits per heavy atom. The van der Waals surface area contributed by atoms with Crippen molar-refractivity contribution in [3.63, 3.8) is 0 Å². The lowest BCUT2D eigenvalue weighted by molar-refractivity contribution is -0.128. The van der Waals surface area contributed by atoms with E-state index in [1.807, 2.05) is 11.1 Å². The molecule has 1 amide bonds. The number of benzene rings is 1. The van der Waals surface area contributed by atoms with Gasteiger partial charge in [-0.15, -0.1) is 0 Å². The topological polar surface area (TPSA) is 41.4 Å². The van der Waals surface area contributed by atoms with Crippen molar-refractivity contribution in [1.82, 2.24) is 19.4 Å². The Morgan fingerprint density at radius 2 is 2.04 bits per heavy atom. The fourth-order valence-electron chi connectivity index (χ4n) is 3.07. The highest BCUT2D eigenvalue weighted by molar-refractivity contribution is 7.99. The van der Waals surface area contributed by atoms with Crippen molar-refractivity contribution in [2.24, 2.45) is 0 Å². The fourth-order valence-corrected chi connectivity index (χ4v) is 3.94. The van der Waals surface area contributed by atoms with E-state index in [0.29, 0.717) is 5.75 Å². The second-order valence-electron chi connectivity index (χ2n) is 6.70. The van der Waals surface area contributed by atoms with Gasteiger partial charge in [-0.05, 0) is 51.1 Å². The van der Waals surface area contributed by atoms with Crippen LogP contribution in [0.15, 0.2) is 35.7 Å². The van der Waals surface area contributed by atoms with Crippen molar-refractivity contribution in [1.29, 1.82) is 0 Å². The van der Waals surface area contributed by atoms with E-state index in [2.05, 4.69) is 53.5 Å². The number of likely N-dealkylation sites (N-methyl/N-ethyl adjacent to an activating group) is 1. The van der Waals surface area contributed by atoms with Gasteiger partial charge in [0.15, 0.2) is 5.16 Å². The molecule has 1 fully saturated rings. The highest BCUT2D eigenvalue weighted by atomic mass is 32.2. The minimum atomic E-state index is 0.204. The Bertz CT molecular complexity index is 743. The molecule has 0 bridgehead atoms. The van der Waals surface area contributed by atoms with Gasteiger partial charge in [0.1, 0.15) is 0 Å². The van der Waals surface area contributed by atoms with Crippen molar-refractivity contribution in [2.75, 3.05) is 39.0 Å². The van der Waals surface area contributed by atoms with Crippen LogP contribution in [0.5, 0.6) is 0 Å². The lowest BCUT2D eigenvalue weighted by Crippen LogP contribution is -2.35. The molecule has 1 saturated heterocycles. The average Bonchev–Trinajstić information content (AvgIpc) is 2.95. The van der Waals surface area contributed by atoms with Gasteiger partial charge in [-0.25, -0.2) is 4.98 Å². The van der Waals surface area contributed by atoms with Crippen molar-refractivity contribution < 1.29 is 4.79 Å². The molecule has 134 valence electrons. The van der Waals surface area contributed by atoms with Crippen LogP contribution in [0.3, 0.4) is 0 Å². The van der Waals surface area contributed by atoms with Gasteiger partial charge in [-0.1, -0.05) is 23.9 Å². The number of imidazole rings is 1. The molecule has 5 nitrogen and oxygen atoms in total. The van der Waals surface area contributed by atoms with Gasteiger partial charge in [0.25, 0.3) is 0 Å². The van der Waals surface area contributed by atoms with Crippen molar-refractivity contribution in [3.8, 4) is 5.69 Å². The van der Waals surface area contributed by atoms with E-state index in [0.717, 1.165) is 43.4 Å². The van der Waals surface area contributed by atoms with Crippen LogP contribution in [0.2, 0.25) is 0 Å². The van der Waals surface area contributed by atoms with Crippen LogP contribution in [-0.2, 0) is 4.79 Å². The molecule has 2 aromatic rings. The van der Waals surface area contributed by atoms with Crippen LogP contribution in [0.1, 0.15) is 17.5 Å². The fraction of sp³-hybridized carbons (Fsp3) is 0.474. The van der Waals surface area contributed by atoms with E-state index in [1.54, 1.807) is 6.20 Å². The maximum Gasteiger partial charge on any atom is 0.233 e. The van der Waals surface area contributed by atoms with Crippen LogP contribution in [0.4, 0.5) is 0 Å². The lowest BCUT2D eigenvalue weighted by Gasteiger charge is -2.20. The molecule has 6 heteroatoms. The number of amides is 1. The van der Waals surface area contributed by atoms with E-state index in [-0.39, 0.29) is 5.91 Å². The van der Waals surface area contributed by atoms with Gasteiger partial charge in [-0.2, -0.15) is 0 Å². The second kappa shape index (κ2) is 8.06. The summed E-state index contributed by atoms with van der Waals surface area (Å²) in [5.74, 6) is 0.641. The summed E-state index contributed by atoms with van der Waals surface area (Å²) in [6.45, 7) is 7.88. The summed E-state index contributed by atoms with van der Waals surface area (Å²) in [7, 11) is 2.11. The normalized spacial score (nSPS) is 16.0. The van der Waals surface area contributed by atoms with E-state index >= 15 is 0 Å². The third-order valence-corrected chi connectivity index (χ3v) is 5.58. The number of nitrogens with zero attached hydrogens (tertiary/aromatic N) is 4. The number of hydrogen-bond donors (Lipinski definition) is 0. The Kier molecular flexibility index (Phi) is 5.81. The van der Waals surface area contributed by atoms with Crippen LogP contribution < -0.4 is 0 Å². The van der Waals surface area contributed by atoms with Crippen LogP contribution in [0.25, 0.3) is 5.69 Å². The second-order valence-corrected chi connectivity index (χ2v) is 7.64. The number of carbonyl (C=O) groups excluding carboxylic acids is 1. The van der Waals surface area contributed by atoms with Crippen molar-refractivity contribution in [2.45, 2.75) is 25.4 Å². The molecule has 0 spiro atoms. The van der Waals surface area contributed by atoms with Crippen LogP contribution >= 0.6 is 11.8 Å². The molecule has 0 radical (unpaired) electrons. The summed E-state index contributed by atoms with van der Waals surface area (Å²) in [6, 6.07) is 6.40. The molecule has 3 rings (SSSR count). The van der Waals surface area contributed by atoms with Crippen molar-refractivity contribution in [3.05, 3.63) is 41.7 Å². The molecule has 1 aliphatic rings. The molecule has 0 atom stereocenters. The molecular weight excluding hydrogens is 332 g/mol. The summed E-state index contributed by atoms with van der Waals surface area (Å²) >= 11 is 1.52. The molecule has 1 aromatic carbocycles. The highest BCUT2D eigenvalue weighted by Gasteiger charge is 2.18.